The maximum atomic E-state index is 13.8. The summed E-state index contributed by atoms with van der Waals surface area (Å²) in [4.78, 5) is 29.8. The second-order valence-corrected chi connectivity index (χ2v) is 8.95. The maximum absolute atomic E-state index is 13.8. The van der Waals surface area contributed by atoms with Gasteiger partial charge in [0.25, 0.3) is 5.56 Å². The molecular weight excluding hydrogens is 439 g/mol. The van der Waals surface area contributed by atoms with Crippen molar-refractivity contribution < 1.29 is 9.18 Å². The topological polar surface area (TPSA) is 90.0 Å². The number of para-hydroxylation sites is 1. The molecule has 0 bridgehead atoms. The molecule has 0 unspecified atom stereocenters. The van der Waals surface area contributed by atoms with Gasteiger partial charge in [0.2, 0.25) is 5.91 Å². The third-order valence-corrected chi connectivity index (χ3v) is 6.32. The average molecular weight is 471 g/mol. The average Bonchev–Trinajstić information content (AvgIpc) is 2.81. The van der Waals surface area contributed by atoms with Gasteiger partial charge in [0, 0.05) is 18.7 Å². The van der Waals surface area contributed by atoms with Crippen LogP contribution in [0.3, 0.4) is 0 Å². The van der Waals surface area contributed by atoms with Crippen molar-refractivity contribution in [1.82, 2.24) is 14.9 Å². The Kier molecular flexibility index (Phi) is 9.90. The normalized spacial score (nSPS) is 11.1. The zero-order valence-corrected chi connectivity index (χ0v) is 19.6. The Balaban J connectivity index is 1.56. The minimum atomic E-state index is -0.408. The van der Waals surface area contributed by atoms with Gasteiger partial charge in [-0.3, -0.25) is 14.2 Å². The number of nitrogens with two attached hydrogens (primary N) is 1. The number of amides is 1. The van der Waals surface area contributed by atoms with E-state index in [2.05, 4.69) is 10.3 Å². The van der Waals surface area contributed by atoms with Crippen LogP contribution >= 0.6 is 11.8 Å². The number of rotatable bonds is 13. The molecule has 0 fully saturated rings. The summed E-state index contributed by atoms with van der Waals surface area (Å²) in [6.07, 6.45) is 6.24. The Morgan fingerprint density at radius 1 is 1.03 bits per heavy atom. The first-order chi connectivity index (χ1) is 16.1. The standard InChI is InChI=1S/C25H31FN4O2S/c26-19-10-9-11-20(18-19)30-24(32)21-12-3-4-13-22(21)29-25(30)33-17-8-5-14-23(31)28-16-7-2-1-6-15-27/h3-4,9-13,18H,1-2,5-8,14-17,27H2,(H,28,31). The number of halogens is 1. The van der Waals surface area contributed by atoms with E-state index in [1.165, 1.54) is 28.5 Å². The van der Waals surface area contributed by atoms with Gasteiger partial charge in [-0.1, -0.05) is 42.8 Å². The van der Waals surface area contributed by atoms with E-state index in [4.69, 9.17) is 5.73 Å². The SMILES string of the molecule is NCCCCCCNC(=O)CCCCSc1nc2ccccc2c(=O)n1-c1cccc(F)c1. The highest BCUT2D eigenvalue weighted by Crippen LogP contribution is 2.23. The molecule has 1 amide bonds. The number of thioether (sulfide) groups is 1. The van der Waals surface area contributed by atoms with E-state index in [-0.39, 0.29) is 11.5 Å². The molecule has 0 saturated heterocycles. The van der Waals surface area contributed by atoms with Crippen molar-refractivity contribution in [3.8, 4) is 5.69 Å². The molecule has 0 radical (unpaired) electrons. The number of nitrogens with one attached hydrogen (secondary N) is 1. The quantitative estimate of drug-likeness (QED) is 0.219. The lowest BCUT2D eigenvalue weighted by Gasteiger charge is -2.13. The maximum Gasteiger partial charge on any atom is 0.266 e. The minimum absolute atomic E-state index is 0.0688. The van der Waals surface area contributed by atoms with Gasteiger partial charge < -0.3 is 11.1 Å². The van der Waals surface area contributed by atoms with Gasteiger partial charge in [-0.25, -0.2) is 9.37 Å². The van der Waals surface area contributed by atoms with Crippen LogP contribution in [0.5, 0.6) is 0 Å². The molecule has 1 aromatic heterocycles. The van der Waals surface area contributed by atoms with Gasteiger partial charge in [0.15, 0.2) is 5.16 Å². The number of hydrogen-bond donors (Lipinski definition) is 2. The third-order valence-electron chi connectivity index (χ3n) is 5.29. The molecule has 0 aliphatic carbocycles. The predicted octanol–water partition coefficient (Wildman–Crippen LogP) is 4.42. The molecule has 0 atom stereocenters. The fraction of sp³-hybridized carbons (Fsp3) is 0.400. The number of hydrogen-bond acceptors (Lipinski definition) is 5. The van der Waals surface area contributed by atoms with Crippen LogP contribution in [0.25, 0.3) is 16.6 Å². The summed E-state index contributed by atoms with van der Waals surface area (Å²) in [5.41, 5.74) is 6.32. The zero-order chi connectivity index (χ0) is 23.5. The van der Waals surface area contributed by atoms with Gasteiger partial charge in [0.05, 0.1) is 16.6 Å². The lowest BCUT2D eigenvalue weighted by atomic mass is 10.2. The predicted molar refractivity (Wildman–Crippen MR) is 132 cm³/mol. The number of benzene rings is 2. The number of carbonyl (C=O) groups is 1. The van der Waals surface area contributed by atoms with Gasteiger partial charge in [-0.05, 0) is 62.6 Å². The van der Waals surface area contributed by atoms with E-state index in [0.29, 0.717) is 40.5 Å². The highest BCUT2D eigenvalue weighted by atomic mass is 32.2. The van der Waals surface area contributed by atoms with Crippen LogP contribution in [0.2, 0.25) is 0 Å². The first-order valence-electron chi connectivity index (χ1n) is 11.5. The zero-order valence-electron chi connectivity index (χ0n) is 18.8. The van der Waals surface area contributed by atoms with Crippen molar-refractivity contribution in [2.45, 2.75) is 50.1 Å². The highest BCUT2D eigenvalue weighted by Gasteiger charge is 2.13. The second-order valence-electron chi connectivity index (χ2n) is 7.89. The second kappa shape index (κ2) is 13.1. The van der Waals surface area contributed by atoms with Crippen LogP contribution in [0.15, 0.2) is 58.5 Å². The summed E-state index contributed by atoms with van der Waals surface area (Å²) in [5, 5.41) is 3.97. The Morgan fingerprint density at radius 2 is 1.85 bits per heavy atom. The van der Waals surface area contributed by atoms with E-state index in [9.17, 15) is 14.0 Å². The first kappa shape index (κ1) is 24.9. The molecular formula is C25H31FN4O2S. The number of aromatic nitrogens is 2. The molecule has 176 valence electrons. The van der Waals surface area contributed by atoms with Crippen LogP contribution in [0, 0.1) is 5.82 Å². The Bertz CT molecular complexity index is 1120. The van der Waals surface area contributed by atoms with Crippen molar-refractivity contribution in [3.63, 3.8) is 0 Å². The molecule has 8 heteroatoms. The molecule has 3 aromatic rings. The van der Waals surface area contributed by atoms with Crippen LogP contribution in [0.1, 0.15) is 44.9 Å². The lowest BCUT2D eigenvalue weighted by molar-refractivity contribution is -0.121. The number of nitrogens with zero attached hydrogens (tertiary/aromatic N) is 2. The number of unbranched alkanes of at least 4 members (excludes halogenated alkanes) is 4. The Hall–Kier alpha value is -2.71. The molecule has 0 aliphatic rings. The van der Waals surface area contributed by atoms with Crippen molar-refractivity contribution in [2.24, 2.45) is 5.73 Å². The third kappa shape index (κ3) is 7.40. The first-order valence-corrected chi connectivity index (χ1v) is 12.5. The number of fused-ring (bicyclic) bond motifs is 1. The highest BCUT2D eigenvalue weighted by molar-refractivity contribution is 7.99. The molecule has 3 rings (SSSR count). The molecule has 0 aliphatic heterocycles. The summed E-state index contributed by atoms with van der Waals surface area (Å²) in [5.74, 6) is 0.361. The van der Waals surface area contributed by atoms with E-state index in [1.54, 1.807) is 30.3 Å². The van der Waals surface area contributed by atoms with Crippen LogP contribution in [0.4, 0.5) is 4.39 Å². The van der Waals surface area contributed by atoms with Crippen LogP contribution in [-0.2, 0) is 4.79 Å². The van der Waals surface area contributed by atoms with Gasteiger partial charge >= 0.3 is 0 Å². The van der Waals surface area contributed by atoms with Crippen LogP contribution < -0.4 is 16.6 Å². The van der Waals surface area contributed by atoms with Gasteiger partial charge in [-0.15, -0.1) is 0 Å². The van der Waals surface area contributed by atoms with E-state index in [0.717, 1.165) is 45.1 Å². The summed E-state index contributed by atoms with van der Waals surface area (Å²) < 4.78 is 15.3. The molecule has 1 heterocycles. The smallest absolute Gasteiger partial charge is 0.266 e. The Labute approximate surface area is 197 Å². The van der Waals surface area contributed by atoms with Crippen molar-refractivity contribution in [3.05, 3.63) is 64.7 Å². The molecule has 0 spiro atoms. The van der Waals surface area contributed by atoms with Gasteiger partial charge in [0.1, 0.15) is 5.82 Å². The van der Waals surface area contributed by atoms with E-state index in [1.807, 2.05) is 6.07 Å². The number of carbonyl (C=O) groups excluding carboxylic acids is 1. The molecule has 0 saturated carbocycles. The Morgan fingerprint density at radius 3 is 2.67 bits per heavy atom. The fourth-order valence-corrected chi connectivity index (χ4v) is 4.55. The molecule has 6 nitrogen and oxygen atoms in total. The minimum Gasteiger partial charge on any atom is -0.356 e. The van der Waals surface area contributed by atoms with Crippen LogP contribution in [-0.4, -0.2) is 34.3 Å². The van der Waals surface area contributed by atoms with Crippen molar-refractivity contribution in [1.29, 1.82) is 0 Å². The summed E-state index contributed by atoms with van der Waals surface area (Å²) in [6.45, 7) is 1.43. The van der Waals surface area contributed by atoms with Crippen molar-refractivity contribution in [2.75, 3.05) is 18.8 Å². The molecule has 33 heavy (non-hydrogen) atoms. The largest absolute Gasteiger partial charge is 0.356 e. The molecule has 2 aromatic carbocycles. The molecule has 3 N–H and O–H groups in total. The summed E-state index contributed by atoms with van der Waals surface area (Å²) in [6, 6.07) is 13.1. The van der Waals surface area contributed by atoms with E-state index >= 15 is 0 Å². The van der Waals surface area contributed by atoms with Gasteiger partial charge in [-0.2, -0.15) is 0 Å². The monoisotopic (exact) mass is 470 g/mol. The summed E-state index contributed by atoms with van der Waals surface area (Å²) in [7, 11) is 0. The fourth-order valence-electron chi connectivity index (χ4n) is 3.54. The summed E-state index contributed by atoms with van der Waals surface area (Å²) >= 11 is 1.44. The van der Waals surface area contributed by atoms with Crippen molar-refractivity contribution >= 4 is 28.6 Å². The lowest BCUT2D eigenvalue weighted by Crippen LogP contribution is -2.24. The van der Waals surface area contributed by atoms with E-state index < -0.39 is 5.82 Å².